The van der Waals surface area contributed by atoms with Gasteiger partial charge in [0.05, 0.1) is 11.7 Å². The number of benzene rings is 3. The number of carbonyl (C=O) groups excluding carboxylic acids is 1. The Morgan fingerprint density at radius 2 is 1.67 bits per heavy atom. The molecular weight excluding hydrogens is 556 g/mol. The average molecular weight is 599 g/mol. The number of nitrogens with zero attached hydrogens (tertiary/aromatic N) is 4. The van der Waals surface area contributed by atoms with E-state index < -0.39 is 6.04 Å². The zero-order chi connectivity index (χ0) is 30.8. The Morgan fingerprint density at radius 3 is 2.44 bits per heavy atom. The normalized spacial score (nSPS) is 16.1. The van der Waals surface area contributed by atoms with Crippen LogP contribution in [0.4, 0.5) is 0 Å². The Kier molecular flexibility index (Phi) is 8.46. The molecule has 3 aromatic carbocycles. The molecule has 1 saturated heterocycles. The zero-order valence-corrected chi connectivity index (χ0v) is 26.1. The van der Waals surface area contributed by atoms with E-state index in [0.717, 1.165) is 52.1 Å². The molecule has 7 nitrogen and oxygen atoms in total. The van der Waals surface area contributed by atoms with Crippen molar-refractivity contribution in [2.45, 2.75) is 71.1 Å². The maximum atomic E-state index is 13.2. The number of likely N-dealkylation sites (tertiary alicyclic amines) is 1. The fourth-order valence-electron chi connectivity index (χ4n) is 7.07. The lowest BCUT2D eigenvalue weighted by atomic mass is 9.94. The molecule has 2 aromatic heterocycles. The summed E-state index contributed by atoms with van der Waals surface area (Å²) in [6.07, 6.45) is 8.24. The highest BCUT2D eigenvalue weighted by atomic mass is 16.2. The van der Waals surface area contributed by atoms with E-state index in [2.05, 4.69) is 82.5 Å². The molecule has 7 heteroatoms. The number of H-pyrrole nitrogens is 1. The minimum Gasteiger partial charge on any atom is -0.339 e. The van der Waals surface area contributed by atoms with E-state index in [-0.39, 0.29) is 5.91 Å². The van der Waals surface area contributed by atoms with Gasteiger partial charge in [0.15, 0.2) is 0 Å². The Hall–Kier alpha value is -4.33. The van der Waals surface area contributed by atoms with Crippen molar-refractivity contribution in [3.63, 3.8) is 0 Å². The predicted molar refractivity (Wildman–Crippen MR) is 180 cm³/mol. The van der Waals surface area contributed by atoms with Crippen LogP contribution in [0.15, 0.2) is 79.1 Å². The highest BCUT2D eigenvalue weighted by Crippen LogP contribution is 2.33. The summed E-state index contributed by atoms with van der Waals surface area (Å²) in [4.78, 5) is 30.6. The van der Waals surface area contributed by atoms with Crippen LogP contribution in [0.1, 0.15) is 59.9 Å². The lowest BCUT2D eigenvalue weighted by Gasteiger charge is -2.21. The van der Waals surface area contributed by atoms with Crippen molar-refractivity contribution in [2.24, 2.45) is 5.73 Å². The monoisotopic (exact) mass is 598 g/mol. The Bertz CT molecular complexity index is 1790. The standard InChI is InChI=1S/C38H42N6O/c1-26-28(16-17-34(39)38(45)44-23-30-11-4-5-12-31(30)24-44)13-9-15-32(26)36-33-21-35(42-37(33)41-25-40-36)29-14-8-10-27(20-29)22-43-18-6-2-3-7-19-43/h4-5,8-15,20-21,25,34H,2-3,6-7,16-19,22-24,39H2,1H3,(H,40,41,42). The molecule has 2 aliphatic heterocycles. The summed E-state index contributed by atoms with van der Waals surface area (Å²) in [6.45, 7) is 6.78. The largest absolute Gasteiger partial charge is 0.339 e. The van der Waals surface area contributed by atoms with Gasteiger partial charge in [0.2, 0.25) is 5.91 Å². The first-order chi connectivity index (χ1) is 22.0. The highest BCUT2D eigenvalue weighted by molar-refractivity contribution is 5.95. The number of carbonyl (C=O) groups is 1. The molecule has 0 aliphatic carbocycles. The summed E-state index contributed by atoms with van der Waals surface area (Å²) in [5.74, 6) is 0.0212. The summed E-state index contributed by atoms with van der Waals surface area (Å²) >= 11 is 0. The third-order valence-corrected chi connectivity index (χ3v) is 9.66. The third kappa shape index (κ3) is 6.28. The summed E-state index contributed by atoms with van der Waals surface area (Å²) in [6, 6.07) is 25.1. The van der Waals surface area contributed by atoms with Gasteiger partial charge < -0.3 is 15.6 Å². The molecule has 1 unspecified atom stereocenters. The quantitative estimate of drug-likeness (QED) is 0.206. The van der Waals surface area contributed by atoms with E-state index in [9.17, 15) is 4.79 Å². The zero-order valence-electron chi connectivity index (χ0n) is 26.1. The Labute approximate surface area is 265 Å². The first-order valence-electron chi connectivity index (χ1n) is 16.4. The van der Waals surface area contributed by atoms with Crippen molar-refractivity contribution in [3.8, 4) is 22.5 Å². The van der Waals surface area contributed by atoms with Crippen LogP contribution in [0.5, 0.6) is 0 Å². The molecule has 0 bridgehead atoms. The first-order valence-corrected chi connectivity index (χ1v) is 16.4. The number of hydrogen-bond acceptors (Lipinski definition) is 5. The van der Waals surface area contributed by atoms with Crippen LogP contribution >= 0.6 is 0 Å². The minimum atomic E-state index is -0.532. The number of rotatable bonds is 8. The summed E-state index contributed by atoms with van der Waals surface area (Å²) in [5, 5.41) is 1.01. The molecule has 5 aromatic rings. The number of hydrogen-bond donors (Lipinski definition) is 2. The van der Waals surface area contributed by atoms with Crippen LogP contribution in [0.3, 0.4) is 0 Å². The van der Waals surface area contributed by atoms with Crippen LogP contribution in [-0.4, -0.2) is 49.8 Å². The van der Waals surface area contributed by atoms with Crippen molar-refractivity contribution in [3.05, 3.63) is 107 Å². The number of nitrogens with two attached hydrogens (primary N) is 1. The fraction of sp³-hybridized carbons (Fsp3) is 0.342. The molecular formula is C38H42N6O. The van der Waals surface area contributed by atoms with E-state index in [4.69, 9.17) is 10.7 Å². The number of amides is 1. The molecule has 1 fully saturated rings. The molecule has 45 heavy (non-hydrogen) atoms. The van der Waals surface area contributed by atoms with Gasteiger partial charge in [0.1, 0.15) is 12.0 Å². The van der Waals surface area contributed by atoms with Gasteiger partial charge in [0.25, 0.3) is 0 Å². The van der Waals surface area contributed by atoms with Gasteiger partial charge >= 0.3 is 0 Å². The number of aromatic amines is 1. The summed E-state index contributed by atoms with van der Waals surface area (Å²) in [5.41, 5.74) is 17.6. The second-order valence-corrected chi connectivity index (χ2v) is 12.8. The highest BCUT2D eigenvalue weighted by Gasteiger charge is 2.27. The molecule has 1 amide bonds. The SMILES string of the molecule is Cc1c(CCC(N)C(=O)N2Cc3ccccc3C2)cccc1-c1ncnc2[nH]c(-c3cccc(CN4CCCCCC4)c3)cc12. The van der Waals surface area contributed by atoms with Gasteiger partial charge in [0, 0.05) is 36.3 Å². The van der Waals surface area contributed by atoms with E-state index >= 15 is 0 Å². The number of fused-ring (bicyclic) bond motifs is 2. The van der Waals surface area contributed by atoms with Crippen molar-refractivity contribution in [1.82, 2.24) is 24.8 Å². The molecule has 0 radical (unpaired) electrons. The minimum absolute atomic E-state index is 0.0212. The van der Waals surface area contributed by atoms with Crippen molar-refractivity contribution in [1.29, 1.82) is 0 Å². The smallest absolute Gasteiger partial charge is 0.240 e. The molecule has 230 valence electrons. The lowest BCUT2D eigenvalue weighted by molar-refractivity contribution is -0.133. The Morgan fingerprint density at radius 1 is 0.911 bits per heavy atom. The molecule has 2 aliphatic rings. The van der Waals surface area contributed by atoms with Crippen LogP contribution in [0, 0.1) is 6.92 Å². The fourth-order valence-corrected chi connectivity index (χ4v) is 7.07. The molecule has 7 rings (SSSR count). The van der Waals surface area contributed by atoms with Gasteiger partial charge in [-0.05, 0) is 91.2 Å². The summed E-state index contributed by atoms with van der Waals surface area (Å²) < 4.78 is 0. The van der Waals surface area contributed by atoms with Crippen LogP contribution in [0.2, 0.25) is 0 Å². The van der Waals surface area contributed by atoms with Gasteiger partial charge in [-0.15, -0.1) is 0 Å². The van der Waals surface area contributed by atoms with E-state index in [1.807, 2.05) is 17.0 Å². The predicted octanol–water partition coefficient (Wildman–Crippen LogP) is 6.78. The van der Waals surface area contributed by atoms with Gasteiger partial charge in [-0.3, -0.25) is 9.69 Å². The topological polar surface area (TPSA) is 91.1 Å². The number of nitrogens with one attached hydrogen (secondary N) is 1. The van der Waals surface area contributed by atoms with E-state index in [0.29, 0.717) is 19.5 Å². The van der Waals surface area contributed by atoms with Crippen LogP contribution in [0.25, 0.3) is 33.5 Å². The van der Waals surface area contributed by atoms with Crippen molar-refractivity contribution >= 4 is 16.9 Å². The number of aryl methyl sites for hydroxylation is 1. The third-order valence-electron chi connectivity index (χ3n) is 9.66. The van der Waals surface area contributed by atoms with Crippen LogP contribution in [-0.2, 0) is 30.8 Å². The average Bonchev–Trinajstić information content (AvgIpc) is 3.62. The second-order valence-electron chi connectivity index (χ2n) is 12.8. The van der Waals surface area contributed by atoms with Crippen molar-refractivity contribution in [2.75, 3.05) is 13.1 Å². The second kappa shape index (κ2) is 13.0. The first kappa shape index (κ1) is 29.4. The maximum Gasteiger partial charge on any atom is 0.240 e. The molecule has 3 N–H and O–H groups in total. The summed E-state index contributed by atoms with van der Waals surface area (Å²) in [7, 11) is 0. The van der Waals surface area contributed by atoms with Crippen molar-refractivity contribution < 1.29 is 4.79 Å². The van der Waals surface area contributed by atoms with E-state index in [1.165, 1.54) is 61.0 Å². The number of aromatic nitrogens is 3. The lowest BCUT2D eigenvalue weighted by Crippen LogP contribution is -2.41. The van der Waals surface area contributed by atoms with Gasteiger partial charge in [-0.25, -0.2) is 9.97 Å². The Balaban J connectivity index is 1.08. The van der Waals surface area contributed by atoms with E-state index in [1.54, 1.807) is 6.33 Å². The molecule has 1 atom stereocenters. The van der Waals surface area contributed by atoms with Gasteiger partial charge in [-0.2, -0.15) is 0 Å². The van der Waals surface area contributed by atoms with Gasteiger partial charge in [-0.1, -0.05) is 73.5 Å². The maximum absolute atomic E-state index is 13.2. The molecule has 0 spiro atoms. The molecule has 0 saturated carbocycles. The van der Waals surface area contributed by atoms with Crippen LogP contribution < -0.4 is 5.73 Å². The molecule has 4 heterocycles.